The van der Waals surface area contributed by atoms with E-state index in [2.05, 4.69) is 5.32 Å². The molecule has 0 aliphatic rings. The summed E-state index contributed by atoms with van der Waals surface area (Å²) in [5.41, 5.74) is -0.123. The summed E-state index contributed by atoms with van der Waals surface area (Å²) in [5, 5.41) is 4.29. The molecule has 29 heavy (non-hydrogen) atoms. The van der Waals surface area contributed by atoms with Gasteiger partial charge in [-0.15, -0.1) is 0 Å². The fourth-order valence-electron chi connectivity index (χ4n) is 2.36. The molecule has 2 aromatic carbocycles. The molecule has 2 rings (SSSR count). The number of carbonyl (C=O) groups is 3. The molecule has 6 nitrogen and oxygen atoms in total. The summed E-state index contributed by atoms with van der Waals surface area (Å²) in [4.78, 5) is 35.6. The zero-order valence-corrected chi connectivity index (χ0v) is 15.6. The Balaban J connectivity index is 1.77. The van der Waals surface area contributed by atoms with Gasteiger partial charge in [0.2, 0.25) is 11.8 Å². The quantitative estimate of drug-likeness (QED) is 0.493. The number of hydrogen-bond donors (Lipinski definition) is 2. The maximum atomic E-state index is 13.5. The summed E-state index contributed by atoms with van der Waals surface area (Å²) in [6.07, 6.45) is -0.224. The second-order valence-corrected chi connectivity index (χ2v) is 5.93. The van der Waals surface area contributed by atoms with Gasteiger partial charge in [0.05, 0.1) is 18.8 Å². The van der Waals surface area contributed by atoms with E-state index in [0.717, 1.165) is 6.07 Å². The number of amides is 2. The summed E-state index contributed by atoms with van der Waals surface area (Å²) < 4.78 is 44.8. The topological polar surface area (TPSA) is 84.5 Å². The average molecular weight is 408 g/mol. The predicted octanol–water partition coefficient (Wildman–Crippen LogP) is 3.22. The van der Waals surface area contributed by atoms with Crippen LogP contribution in [0, 0.1) is 17.5 Å². The van der Waals surface area contributed by atoms with Crippen molar-refractivity contribution in [2.24, 2.45) is 0 Å². The highest BCUT2D eigenvalue weighted by atomic mass is 19.2. The number of halogens is 3. The van der Waals surface area contributed by atoms with Crippen molar-refractivity contribution in [3.63, 3.8) is 0 Å². The van der Waals surface area contributed by atoms with Gasteiger partial charge in [0, 0.05) is 18.4 Å². The Morgan fingerprint density at radius 2 is 1.59 bits per heavy atom. The lowest BCUT2D eigenvalue weighted by Crippen LogP contribution is -2.33. The summed E-state index contributed by atoms with van der Waals surface area (Å²) in [6.45, 7) is 1.82. The van der Waals surface area contributed by atoms with Crippen LogP contribution >= 0.6 is 0 Å². The molecule has 0 spiro atoms. The molecule has 0 bridgehead atoms. The summed E-state index contributed by atoms with van der Waals surface area (Å²) in [6, 6.07) is 8.02. The van der Waals surface area contributed by atoms with Crippen molar-refractivity contribution in [3.05, 3.63) is 59.4 Å². The molecule has 9 heteroatoms. The first kappa shape index (κ1) is 21.9. The maximum Gasteiger partial charge on any atom is 0.243 e. The van der Waals surface area contributed by atoms with Gasteiger partial charge in [-0.2, -0.15) is 0 Å². The molecule has 0 saturated heterocycles. The third kappa shape index (κ3) is 6.34. The van der Waals surface area contributed by atoms with Gasteiger partial charge in [0.1, 0.15) is 5.75 Å². The summed E-state index contributed by atoms with van der Waals surface area (Å²) >= 11 is 0. The van der Waals surface area contributed by atoms with Crippen LogP contribution in [0.2, 0.25) is 0 Å². The van der Waals surface area contributed by atoms with Crippen LogP contribution in [0.1, 0.15) is 30.1 Å². The second-order valence-electron chi connectivity index (χ2n) is 5.93. The van der Waals surface area contributed by atoms with Gasteiger partial charge < -0.3 is 15.4 Å². The summed E-state index contributed by atoms with van der Waals surface area (Å²) in [7, 11) is 0. The summed E-state index contributed by atoms with van der Waals surface area (Å²) in [5.74, 6) is -5.65. The SMILES string of the molecule is CCOc1ccc(C(=O)CCC(=O)NCC(=O)Nc2ccc(F)c(F)c2F)cc1. The third-order valence-electron chi connectivity index (χ3n) is 3.82. The molecule has 0 heterocycles. The lowest BCUT2D eigenvalue weighted by molar-refractivity contribution is -0.124. The van der Waals surface area contributed by atoms with E-state index in [9.17, 15) is 27.6 Å². The Labute approximate surface area is 165 Å². The molecular formula is C20H19F3N2O4. The first-order valence-corrected chi connectivity index (χ1v) is 8.78. The van der Waals surface area contributed by atoms with Crippen LogP contribution in [0.4, 0.5) is 18.9 Å². The van der Waals surface area contributed by atoms with Crippen molar-refractivity contribution in [3.8, 4) is 5.75 Å². The first-order valence-electron chi connectivity index (χ1n) is 8.78. The van der Waals surface area contributed by atoms with Crippen LogP contribution in [-0.4, -0.2) is 30.7 Å². The highest BCUT2D eigenvalue weighted by Crippen LogP contribution is 2.19. The average Bonchev–Trinajstić information content (AvgIpc) is 2.71. The van der Waals surface area contributed by atoms with E-state index in [1.54, 1.807) is 24.3 Å². The molecule has 0 unspecified atom stereocenters. The lowest BCUT2D eigenvalue weighted by atomic mass is 10.1. The minimum absolute atomic E-state index is 0.0702. The van der Waals surface area contributed by atoms with Gasteiger partial charge >= 0.3 is 0 Å². The number of ether oxygens (including phenoxy) is 1. The molecule has 0 atom stereocenters. The van der Waals surface area contributed by atoms with E-state index in [-0.39, 0.29) is 18.6 Å². The molecule has 0 aliphatic carbocycles. The van der Waals surface area contributed by atoms with E-state index in [4.69, 9.17) is 4.74 Å². The normalized spacial score (nSPS) is 10.3. The molecule has 2 N–H and O–H groups in total. The van der Waals surface area contributed by atoms with Crippen LogP contribution in [-0.2, 0) is 9.59 Å². The smallest absolute Gasteiger partial charge is 0.243 e. The Morgan fingerprint density at radius 3 is 2.24 bits per heavy atom. The molecule has 2 amide bonds. The zero-order chi connectivity index (χ0) is 21.4. The predicted molar refractivity (Wildman–Crippen MR) is 99.1 cm³/mol. The minimum Gasteiger partial charge on any atom is -0.494 e. The van der Waals surface area contributed by atoms with Gasteiger partial charge in [0.25, 0.3) is 0 Å². The van der Waals surface area contributed by atoms with Crippen LogP contribution in [0.5, 0.6) is 5.75 Å². The molecular weight excluding hydrogens is 389 g/mol. The van der Waals surface area contributed by atoms with Crippen molar-refractivity contribution in [2.75, 3.05) is 18.5 Å². The third-order valence-corrected chi connectivity index (χ3v) is 3.82. The lowest BCUT2D eigenvalue weighted by Gasteiger charge is -2.08. The van der Waals surface area contributed by atoms with E-state index in [0.29, 0.717) is 24.0 Å². The fraction of sp³-hybridized carbons (Fsp3) is 0.250. The molecule has 0 saturated carbocycles. The van der Waals surface area contributed by atoms with Crippen LogP contribution in [0.15, 0.2) is 36.4 Å². The fourth-order valence-corrected chi connectivity index (χ4v) is 2.36. The second kappa shape index (κ2) is 10.3. The van der Waals surface area contributed by atoms with Gasteiger partial charge in [-0.1, -0.05) is 0 Å². The monoisotopic (exact) mass is 408 g/mol. The molecule has 0 aliphatic heterocycles. The highest BCUT2D eigenvalue weighted by molar-refractivity contribution is 5.99. The number of anilines is 1. The number of rotatable bonds is 9. The van der Waals surface area contributed by atoms with Crippen molar-refractivity contribution in [1.82, 2.24) is 5.32 Å². The van der Waals surface area contributed by atoms with Crippen molar-refractivity contribution >= 4 is 23.3 Å². The highest BCUT2D eigenvalue weighted by Gasteiger charge is 2.16. The van der Waals surface area contributed by atoms with Gasteiger partial charge in [0.15, 0.2) is 23.2 Å². The Bertz CT molecular complexity index is 901. The van der Waals surface area contributed by atoms with Crippen LogP contribution in [0.3, 0.4) is 0 Å². The van der Waals surface area contributed by atoms with E-state index >= 15 is 0 Å². The Hall–Kier alpha value is -3.36. The molecule has 154 valence electrons. The van der Waals surface area contributed by atoms with Gasteiger partial charge in [-0.3, -0.25) is 14.4 Å². The van der Waals surface area contributed by atoms with Crippen molar-refractivity contribution < 1.29 is 32.3 Å². The number of hydrogen-bond acceptors (Lipinski definition) is 4. The van der Waals surface area contributed by atoms with Crippen LogP contribution < -0.4 is 15.4 Å². The van der Waals surface area contributed by atoms with Crippen molar-refractivity contribution in [1.29, 1.82) is 0 Å². The van der Waals surface area contributed by atoms with Crippen molar-refractivity contribution in [2.45, 2.75) is 19.8 Å². The standard InChI is InChI=1S/C20H19F3N2O4/c1-2-29-13-5-3-12(4-6-13)16(26)9-10-17(27)24-11-18(28)25-15-8-7-14(21)19(22)20(15)23/h3-8H,2,9-11H2,1H3,(H,24,27)(H,25,28). The minimum atomic E-state index is -1.71. The molecule has 0 radical (unpaired) electrons. The number of benzene rings is 2. The number of ketones is 1. The van der Waals surface area contributed by atoms with Gasteiger partial charge in [-0.25, -0.2) is 13.2 Å². The number of nitrogens with one attached hydrogen (secondary N) is 2. The molecule has 0 fully saturated rings. The number of carbonyl (C=O) groups excluding carboxylic acids is 3. The largest absolute Gasteiger partial charge is 0.494 e. The Morgan fingerprint density at radius 1 is 0.897 bits per heavy atom. The zero-order valence-electron chi connectivity index (χ0n) is 15.6. The molecule has 0 aromatic heterocycles. The molecule has 2 aromatic rings. The maximum absolute atomic E-state index is 13.5. The first-order chi connectivity index (χ1) is 13.8. The van der Waals surface area contributed by atoms with E-state index in [1.807, 2.05) is 12.2 Å². The van der Waals surface area contributed by atoms with E-state index in [1.165, 1.54) is 0 Å². The van der Waals surface area contributed by atoms with Crippen LogP contribution in [0.25, 0.3) is 0 Å². The Kier molecular flexibility index (Phi) is 7.76. The van der Waals surface area contributed by atoms with E-state index < -0.39 is 41.5 Å². The van der Waals surface area contributed by atoms with Gasteiger partial charge in [-0.05, 0) is 43.3 Å². The number of Topliss-reactive ketones (excluding diaryl/α,β-unsaturated/α-hetero) is 1.